The van der Waals surface area contributed by atoms with Crippen LogP contribution in [0.1, 0.15) is 13.8 Å². The highest BCUT2D eigenvalue weighted by Crippen LogP contribution is 2.33. The Bertz CT molecular complexity index is 523. The number of benzene rings is 1. The van der Waals surface area contributed by atoms with Crippen molar-refractivity contribution in [1.29, 1.82) is 0 Å². The Morgan fingerprint density at radius 3 is 2.71 bits per heavy atom. The van der Waals surface area contributed by atoms with Crippen LogP contribution >= 0.6 is 11.6 Å². The van der Waals surface area contributed by atoms with Crippen molar-refractivity contribution in [3.63, 3.8) is 0 Å². The first-order valence-electron chi connectivity index (χ1n) is 5.24. The molecule has 2 rings (SSSR count). The molecule has 0 radical (unpaired) electrons. The van der Waals surface area contributed by atoms with Crippen LogP contribution in [0.25, 0.3) is 11.1 Å². The summed E-state index contributed by atoms with van der Waals surface area (Å²) < 4.78 is 10.4. The normalized spacial score (nSPS) is 10.8. The van der Waals surface area contributed by atoms with Crippen molar-refractivity contribution >= 4 is 17.5 Å². The van der Waals surface area contributed by atoms with Gasteiger partial charge in [-0.2, -0.15) is 0 Å². The van der Waals surface area contributed by atoms with Crippen molar-refractivity contribution < 1.29 is 9.26 Å². The molecule has 5 heteroatoms. The van der Waals surface area contributed by atoms with Crippen LogP contribution < -0.4 is 10.5 Å². The van der Waals surface area contributed by atoms with Gasteiger partial charge in [-0.25, -0.2) is 0 Å². The van der Waals surface area contributed by atoms with Gasteiger partial charge in [0.15, 0.2) is 0 Å². The Morgan fingerprint density at radius 1 is 1.41 bits per heavy atom. The van der Waals surface area contributed by atoms with E-state index in [4.69, 9.17) is 26.6 Å². The molecule has 2 aromatic rings. The first kappa shape index (κ1) is 11.8. The molecule has 0 aliphatic heterocycles. The molecule has 0 spiro atoms. The molecule has 90 valence electrons. The molecule has 0 bridgehead atoms. The van der Waals surface area contributed by atoms with E-state index >= 15 is 0 Å². The van der Waals surface area contributed by atoms with E-state index < -0.39 is 0 Å². The zero-order chi connectivity index (χ0) is 12.4. The van der Waals surface area contributed by atoms with Crippen LogP contribution in [0.2, 0.25) is 5.02 Å². The molecule has 0 atom stereocenters. The Balaban J connectivity index is 2.34. The molecule has 0 aliphatic carbocycles. The molecule has 0 amide bonds. The molecule has 1 heterocycles. The number of ether oxygens (including phenoxy) is 1. The molecule has 1 aromatic carbocycles. The van der Waals surface area contributed by atoms with Gasteiger partial charge in [-0.05, 0) is 31.5 Å². The number of hydrogen-bond donors (Lipinski definition) is 1. The van der Waals surface area contributed by atoms with Gasteiger partial charge >= 0.3 is 0 Å². The van der Waals surface area contributed by atoms with E-state index in [1.54, 1.807) is 12.3 Å². The number of nitrogens with zero attached hydrogens (tertiary/aromatic N) is 1. The first-order valence-corrected chi connectivity index (χ1v) is 5.62. The van der Waals surface area contributed by atoms with E-state index in [1.165, 1.54) is 0 Å². The van der Waals surface area contributed by atoms with E-state index in [2.05, 4.69) is 5.16 Å². The standard InChI is InChI=1S/C12H13ClN2O2/c1-7(2)16-11-4-3-8(5-10(11)13)9-6-15-17-12(9)14/h3-7H,14H2,1-2H3. The molecule has 0 unspecified atom stereocenters. The molecule has 17 heavy (non-hydrogen) atoms. The van der Waals surface area contributed by atoms with E-state index in [0.29, 0.717) is 10.8 Å². The van der Waals surface area contributed by atoms with Gasteiger partial charge in [0.2, 0.25) is 5.88 Å². The molecule has 4 nitrogen and oxygen atoms in total. The van der Waals surface area contributed by atoms with Crippen LogP contribution in [0.5, 0.6) is 5.75 Å². The second-order valence-electron chi connectivity index (χ2n) is 3.92. The van der Waals surface area contributed by atoms with Gasteiger partial charge in [0.25, 0.3) is 0 Å². The van der Waals surface area contributed by atoms with Gasteiger partial charge in [0, 0.05) is 0 Å². The van der Waals surface area contributed by atoms with Crippen LogP contribution in [0.3, 0.4) is 0 Å². The molecule has 0 fully saturated rings. The SMILES string of the molecule is CC(C)Oc1ccc(-c2cnoc2N)cc1Cl. The zero-order valence-electron chi connectivity index (χ0n) is 9.61. The van der Waals surface area contributed by atoms with E-state index in [9.17, 15) is 0 Å². The molecule has 1 aromatic heterocycles. The smallest absolute Gasteiger partial charge is 0.229 e. The first-order chi connectivity index (χ1) is 8.08. The summed E-state index contributed by atoms with van der Waals surface area (Å²) in [6, 6.07) is 5.46. The van der Waals surface area contributed by atoms with Crippen molar-refractivity contribution in [2.45, 2.75) is 20.0 Å². The molecule has 0 saturated carbocycles. The summed E-state index contributed by atoms with van der Waals surface area (Å²) in [5, 5.41) is 4.16. The Morgan fingerprint density at radius 2 is 2.18 bits per heavy atom. The summed E-state index contributed by atoms with van der Waals surface area (Å²) in [7, 11) is 0. The minimum absolute atomic E-state index is 0.0824. The van der Waals surface area contributed by atoms with Gasteiger partial charge in [-0.3, -0.25) is 0 Å². The average Bonchev–Trinajstić information content (AvgIpc) is 2.67. The Kier molecular flexibility index (Phi) is 3.24. The van der Waals surface area contributed by atoms with Crippen LogP contribution in [0, 0.1) is 0 Å². The lowest BCUT2D eigenvalue weighted by molar-refractivity contribution is 0.242. The number of nitrogen functional groups attached to an aromatic ring is 1. The number of rotatable bonds is 3. The third-order valence-corrected chi connectivity index (χ3v) is 2.50. The second-order valence-corrected chi connectivity index (χ2v) is 4.32. The summed E-state index contributed by atoms with van der Waals surface area (Å²) in [5.74, 6) is 0.930. The van der Waals surface area contributed by atoms with Crippen LogP contribution in [-0.4, -0.2) is 11.3 Å². The van der Waals surface area contributed by atoms with Gasteiger partial charge in [0.05, 0.1) is 22.9 Å². The fourth-order valence-electron chi connectivity index (χ4n) is 1.48. The quantitative estimate of drug-likeness (QED) is 0.910. The number of hydrogen-bond acceptors (Lipinski definition) is 4. The van der Waals surface area contributed by atoms with Gasteiger partial charge in [-0.15, -0.1) is 0 Å². The summed E-state index contributed by atoms with van der Waals surface area (Å²) in [5.41, 5.74) is 7.21. The number of halogens is 1. The van der Waals surface area contributed by atoms with Gasteiger partial charge in [-0.1, -0.05) is 22.8 Å². The average molecular weight is 253 g/mol. The fraction of sp³-hybridized carbons (Fsp3) is 0.250. The lowest BCUT2D eigenvalue weighted by Gasteiger charge is -2.11. The lowest BCUT2D eigenvalue weighted by Crippen LogP contribution is -2.05. The number of aromatic nitrogens is 1. The molecule has 0 saturated heterocycles. The topological polar surface area (TPSA) is 61.3 Å². The minimum Gasteiger partial charge on any atom is -0.489 e. The predicted molar refractivity (Wildman–Crippen MR) is 67.1 cm³/mol. The maximum atomic E-state index is 6.13. The Hall–Kier alpha value is -1.68. The highest BCUT2D eigenvalue weighted by Gasteiger charge is 2.10. The monoisotopic (exact) mass is 252 g/mol. The van der Waals surface area contributed by atoms with Crippen molar-refractivity contribution in [2.75, 3.05) is 5.73 Å². The summed E-state index contributed by atoms with van der Waals surface area (Å²) >= 11 is 6.13. The minimum atomic E-state index is 0.0824. The zero-order valence-corrected chi connectivity index (χ0v) is 10.4. The van der Waals surface area contributed by atoms with Crippen LogP contribution in [0.15, 0.2) is 28.9 Å². The van der Waals surface area contributed by atoms with Crippen molar-refractivity contribution in [3.05, 3.63) is 29.4 Å². The number of anilines is 1. The van der Waals surface area contributed by atoms with Crippen LogP contribution in [0.4, 0.5) is 5.88 Å². The highest BCUT2D eigenvalue weighted by molar-refractivity contribution is 6.32. The number of nitrogens with two attached hydrogens (primary N) is 1. The van der Waals surface area contributed by atoms with Crippen LogP contribution in [-0.2, 0) is 0 Å². The lowest BCUT2D eigenvalue weighted by atomic mass is 10.1. The van der Waals surface area contributed by atoms with Crippen molar-refractivity contribution in [1.82, 2.24) is 5.16 Å². The summed E-state index contributed by atoms with van der Waals surface area (Å²) in [6.45, 7) is 3.89. The third-order valence-electron chi connectivity index (χ3n) is 2.20. The highest BCUT2D eigenvalue weighted by atomic mass is 35.5. The van der Waals surface area contributed by atoms with E-state index in [1.807, 2.05) is 26.0 Å². The van der Waals surface area contributed by atoms with Gasteiger partial charge < -0.3 is 15.0 Å². The summed E-state index contributed by atoms with van der Waals surface area (Å²) in [6.07, 6.45) is 1.64. The largest absolute Gasteiger partial charge is 0.489 e. The fourth-order valence-corrected chi connectivity index (χ4v) is 1.71. The van der Waals surface area contributed by atoms with Gasteiger partial charge in [0.1, 0.15) is 5.75 Å². The van der Waals surface area contributed by atoms with Crippen molar-refractivity contribution in [2.24, 2.45) is 0 Å². The second kappa shape index (κ2) is 4.67. The summed E-state index contributed by atoms with van der Waals surface area (Å²) in [4.78, 5) is 0. The Labute approximate surface area is 104 Å². The molecule has 0 aliphatic rings. The molecule has 2 N–H and O–H groups in total. The van der Waals surface area contributed by atoms with Crippen molar-refractivity contribution in [3.8, 4) is 16.9 Å². The van der Waals surface area contributed by atoms with E-state index in [-0.39, 0.29) is 12.0 Å². The predicted octanol–water partition coefficient (Wildman–Crippen LogP) is 3.36. The van der Waals surface area contributed by atoms with E-state index in [0.717, 1.165) is 11.1 Å². The molecular weight excluding hydrogens is 240 g/mol. The maximum Gasteiger partial charge on any atom is 0.229 e. The molecular formula is C12H13ClN2O2. The third kappa shape index (κ3) is 2.53. The maximum absolute atomic E-state index is 6.13.